The average molecular weight is 364 g/mol. The number of hydrogen-bond acceptors (Lipinski definition) is 2. The summed E-state index contributed by atoms with van der Waals surface area (Å²) < 4.78 is 31.6. The van der Waals surface area contributed by atoms with Gasteiger partial charge in [0.05, 0.1) is 0 Å². The van der Waals surface area contributed by atoms with Crippen molar-refractivity contribution in [2.75, 3.05) is 0 Å². The molecule has 0 heterocycles. The van der Waals surface area contributed by atoms with E-state index in [2.05, 4.69) is 0 Å². The molecule has 0 fully saturated rings. The molecule has 0 saturated carbocycles. The van der Waals surface area contributed by atoms with Crippen LogP contribution in [-0.4, -0.2) is 34.9 Å². The van der Waals surface area contributed by atoms with Gasteiger partial charge in [0.2, 0.25) is 0 Å². The number of halogens is 1. The van der Waals surface area contributed by atoms with Gasteiger partial charge in [-0.3, -0.25) is 9.11 Å². The van der Waals surface area contributed by atoms with E-state index in [-0.39, 0.29) is 63.7 Å². The van der Waals surface area contributed by atoms with Crippen LogP contribution >= 0.6 is 24.0 Å². The molecule has 0 spiro atoms. The molecule has 0 aromatic rings. The van der Waals surface area contributed by atoms with E-state index >= 15 is 0 Å². The zero-order valence-corrected chi connectivity index (χ0v) is 7.46. The fourth-order valence-electron chi connectivity index (χ4n) is 0. The van der Waals surface area contributed by atoms with Gasteiger partial charge in [-0.05, 0) is 0 Å². The van der Waals surface area contributed by atoms with E-state index in [1.807, 2.05) is 0 Å². The van der Waals surface area contributed by atoms with Gasteiger partial charge < -0.3 is 0 Å². The van der Waals surface area contributed by atoms with E-state index in [0.29, 0.717) is 0 Å². The molecule has 8 heteroatoms. The second-order valence-electron chi connectivity index (χ2n) is 0.448. The molecule has 0 aliphatic carbocycles. The van der Waals surface area contributed by atoms with Gasteiger partial charge in [0, 0.05) is 22.4 Å². The Morgan fingerprint density at radius 1 is 1.12 bits per heavy atom. The Bertz CT molecular complexity index is 99.2. The van der Waals surface area contributed by atoms with Crippen LogP contribution in [-0.2, 0) is 32.8 Å². The van der Waals surface area contributed by atoms with Gasteiger partial charge >= 0.3 is 10.4 Å². The van der Waals surface area contributed by atoms with Crippen molar-refractivity contribution in [2.45, 2.75) is 0 Å². The summed E-state index contributed by atoms with van der Waals surface area (Å²) in [6, 6.07) is 0. The summed E-state index contributed by atoms with van der Waals surface area (Å²) in [6.45, 7) is 0. The minimum atomic E-state index is -4.67. The number of rotatable bonds is 0. The standard InChI is InChI=1S/Ag.Al.HI.H2O4S.3H/c;;;1-5(2,3)4;;;/h;;1H;(H2,1,2,3,4);;;. The Morgan fingerprint density at radius 3 is 1.12 bits per heavy atom. The van der Waals surface area contributed by atoms with Crippen molar-refractivity contribution in [3.8, 4) is 0 Å². The van der Waals surface area contributed by atoms with Gasteiger partial charge in [0.1, 0.15) is 0 Å². The normalized spacial score (nSPS) is 7.25. The summed E-state index contributed by atoms with van der Waals surface area (Å²) in [5.74, 6) is 0. The molecule has 1 radical (unpaired) electrons. The molecule has 0 unspecified atom stereocenters. The summed E-state index contributed by atoms with van der Waals surface area (Å²) in [4.78, 5) is 0. The predicted octanol–water partition coefficient (Wildman–Crippen LogP) is -1.22. The molecule has 57 valence electrons. The van der Waals surface area contributed by atoms with Crippen LogP contribution in [0.1, 0.15) is 0 Å². The maximum Gasteiger partial charge on any atom is 0.394 e. The van der Waals surface area contributed by atoms with Crippen molar-refractivity contribution in [3.05, 3.63) is 0 Å². The fourth-order valence-corrected chi connectivity index (χ4v) is 0. The topological polar surface area (TPSA) is 74.6 Å². The van der Waals surface area contributed by atoms with Crippen molar-refractivity contribution < 1.29 is 39.9 Å². The molecule has 0 rings (SSSR count). The average Bonchev–Trinajstić information content (AvgIpc) is 0.722. The van der Waals surface area contributed by atoms with Gasteiger partial charge in [-0.1, -0.05) is 0 Å². The van der Waals surface area contributed by atoms with E-state index in [1.54, 1.807) is 0 Å². The quantitative estimate of drug-likeness (QED) is 0.321. The van der Waals surface area contributed by atoms with Gasteiger partial charge in [0.15, 0.2) is 17.4 Å². The van der Waals surface area contributed by atoms with Crippen molar-refractivity contribution in [1.29, 1.82) is 0 Å². The first-order valence-corrected chi connectivity index (χ1v) is 2.10. The fraction of sp³-hybridized carbons (Fsp3) is 0. The molecule has 0 aliphatic rings. The third-order valence-electron chi connectivity index (χ3n) is 0. The van der Waals surface area contributed by atoms with Gasteiger partial charge in [0.25, 0.3) is 0 Å². The van der Waals surface area contributed by atoms with Crippen molar-refractivity contribution in [1.82, 2.24) is 0 Å². The molecule has 0 aromatic carbocycles. The van der Waals surface area contributed by atoms with Crippen LogP contribution in [0.15, 0.2) is 0 Å². The van der Waals surface area contributed by atoms with Crippen molar-refractivity contribution in [3.63, 3.8) is 0 Å². The molecular weight excluding hydrogens is 358 g/mol. The Morgan fingerprint density at radius 2 is 1.12 bits per heavy atom. The summed E-state index contributed by atoms with van der Waals surface area (Å²) >= 11 is 0. The van der Waals surface area contributed by atoms with E-state index in [0.717, 1.165) is 0 Å². The summed E-state index contributed by atoms with van der Waals surface area (Å²) in [5, 5.41) is 0. The molecule has 0 atom stereocenters. The summed E-state index contributed by atoms with van der Waals surface area (Å²) in [5.41, 5.74) is 0. The third-order valence-corrected chi connectivity index (χ3v) is 0. The molecule has 8 heavy (non-hydrogen) atoms. The molecule has 4 nitrogen and oxygen atoms in total. The first-order valence-electron chi connectivity index (χ1n) is 0.698. The molecular formula is H6AgAlIO4S. The first kappa shape index (κ1) is 22.5. The molecule has 0 bridgehead atoms. The van der Waals surface area contributed by atoms with Crippen LogP contribution in [0.25, 0.3) is 0 Å². The van der Waals surface area contributed by atoms with E-state index in [1.165, 1.54) is 0 Å². The smallest absolute Gasteiger partial charge is 0.264 e. The van der Waals surface area contributed by atoms with Crippen LogP contribution in [0, 0.1) is 0 Å². The van der Waals surface area contributed by atoms with Crippen molar-refractivity contribution in [2.24, 2.45) is 0 Å². The minimum Gasteiger partial charge on any atom is -0.264 e. The second-order valence-corrected chi connectivity index (χ2v) is 1.34. The van der Waals surface area contributed by atoms with Gasteiger partial charge in [-0.2, -0.15) is 8.42 Å². The Hall–Kier alpha value is 1.87. The van der Waals surface area contributed by atoms with Gasteiger partial charge in [-0.15, -0.1) is 24.0 Å². The molecule has 0 aromatic heterocycles. The SMILES string of the molecule is I.O=S(=O)(O)O.[Ag].[AlH3]. The van der Waals surface area contributed by atoms with Crippen LogP contribution in [0.4, 0.5) is 0 Å². The van der Waals surface area contributed by atoms with Crippen LogP contribution < -0.4 is 0 Å². The minimum absolute atomic E-state index is 0. The van der Waals surface area contributed by atoms with E-state index in [4.69, 9.17) is 17.5 Å². The van der Waals surface area contributed by atoms with Crippen molar-refractivity contribution >= 4 is 51.7 Å². The summed E-state index contributed by atoms with van der Waals surface area (Å²) in [6.07, 6.45) is 0. The van der Waals surface area contributed by atoms with E-state index < -0.39 is 10.4 Å². The maximum atomic E-state index is 8.74. The van der Waals surface area contributed by atoms with E-state index in [9.17, 15) is 0 Å². The Balaban J connectivity index is -0.0000000267. The van der Waals surface area contributed by atoms with Crippen LogP contribution in [0.3, 0.4) is 0 Å². The zero-order chi connectivity index (χ0) is 4.50. The molecule has 0 saturated heterocycles. The summed E-state index contributed by atoms with van der Waals surface area (Å²) in [7, 11) is -4.67. The largest absolute Gasteiger partial charge is 0.394 e. The third kappa shape index (κ3) is 106. The molecule has 0 aliphatic heterocycles. The molecule has 0 amide bonds. The second kappa shape index (κ2) is 8.87. The first-order chi connectivity index (χ1) is 2.00. The van der Waals surface area contributed by atoms with Crippen LogP contribution in [0.2, 0.25) is 0 Å². The number of hydrogen-bond donors (Lipinski definition) is 2. The van der Waals surface area contributed by atoms with Gasteiger partial charge in [-0.25, -0.2) is 0 Å². The Labute approximate surface area is 90.7 Å². The van der Waals surface area contributed by atoms with Crippen LogP contribution in [0.5, 0.6) is 0 Å². The predicted molar refractivity (Wildman–Crippen MR) is 39.5 cm³/mol. The monoisotopic (exact) mass is 363 g/mol. The molecule has 2 N–H and O–H groups in total. The zero-order valence-electron chi connectivity index (χ0n) is 2.83. The Kier molecular flexibility index (Phi) is 25.0. The maximum absolute atomic E-state index is 8.74.